The molecule has 0 aliphatic rings. The van der Waals surface area contributed by atoms with Gasteiger partial charge in [0.1, 0.15) is 10.5 Å². The van der Waals surface area contributed by atoms with Gasteiger partial charge in [-0.05, 0) is 30.0 Å². The Hall–Kier alpha value is -1.92. The number of hydrogen-bond donors (Lipinski definition) is 1. The summed E-state index contributed by atoms with van der Waals surface area (Å²) in [5, 5.41) is 5.21. The number of nitrogens with zero attached hydrogens (tertiary/aromatic N) is 2. The lowest BCUT2D eigenvalue weighted by Crippen LogP contribution is -2.26. The third-order valence-corrected chi connectivity index (χ3v) is 4.21. The molecule has 0 saturated heterocycles. The van der Waals surface area contributed by atoms with E-state index in [2.05, 4.69) is 10.3 Å². The molecule has 3 heterocycles. The number of thiophene rings is 1. The fourth-order valence-electron chi connectivity index (χ4n) is 2.04. The second-order valence-electron chi connectivity index (χ2n) is 4.60. The molecular formula is C14H15N3O2S. The quantitative estimate of drug-likeness (QED) is 0.731. The van der Waals surface area contributed by atoms with Crippen molar-refractivity contribution in [3.05, 3.63) is 51.8 Å². The summed E-state index contributed by atoms with van der Waals surface area (Å²) < 4.78 is 7.61. The number of aryl methyl sites for hydroxylation is 1. The Morgan fingerprint density at radius 3 is 3.20 bits per heavy atom. The predicted octanol–water partition coefficient (Wildman–Crippen LogP) is 2.15. The minimum atomic E-state index is 0.0351. The van der Waals surface area contributed by atoms with Crippen LogP contribution in [0.3, 0.4) is 0 Å². The molecule has 104 valence electrons. The second-order valence-corrected chi connectivity index (χ2v) is 5.48. The van der Waals surface area contributed by atoms with E-state index in [0.717, 1.165) is 21.5 Å². The summed E-state index contributed by atoms with van der Waals surface area (Å²) >= 11 is 1.46. The molecule has 0 unspecified atom stereocenters. The van der Waals surface area contributed by atoms with E-state index in [1.54, 1.807) is 17.2 Å². The van der Waals surface area contributed by atoms with Crippen LogP contribution in [0, 0.1) is 6.92 Å². The first-order valence-electron chi connectivity index (χ1n) is 6.42. The van der Waals surface area contributed by atoms with Gasteiger partial charge in [0.2, 0.25) is 0 Å². The Labute approximate surface area is 119 Å². The second kappa shape index (κ2) is 5.60. The molecule has 0 amide bonds. The molecule has 0 radical (unpaired) electrons. The third kappa shape index (κ3) is 2.52. The summed E-state index contributed by atoms with van der Waals surface area (Å²) in [5.74, 6) is 0.889. The lowest BCUT2D eigenvalue weighted by molar-refractivity contribution is 0.474. The molecule has 0 aromatic carbocycles. The zero-order valence-corrected chi connectivity index (χ0v) is 11.9. The predicted molar refractivity (Wildman–Crippen MR) is 79.0 cm³/mol. The maximum atomic E-state index is 12.3. The van der Waals surface area contributed by atoms with Crippen molar-refractivity contribution < 1.29 is 4.42 Å². The largest absolute Gasteiger partial charge is 0.468 e. The number of nitrogens with one attached hydrogen (secondary N) is 1. The highest BCUT2D eigenvalue weighted by atomic mass is 32.1. The molecule has 3 rings (SSSR count). The standard InChI is InChI=1S/C14H15N3O2S/c1-10-8-20-13-12(10)16-9-17(14(13)18)5-4-15-7-11-3-2-6-19-11/h2-3,6,8-9,15H,4-5,7H2,1H3. The van der Waals surface area contributed by atoms with Crippen LogP contribution in [0.2, 0.25) is 0 Å². The fourth-order valence-corrected chi connectivity index (χ4v) is 2.99. The molecule has 3 aromatic rings. The maximum absolute atomic E-state index is 12.3. The number of fused-ring (bicyclic) bond motifs is 1. The molecule has 5 nitrogen and oxygen atoms in total. The van der Waals surface area contributed by atoms with Crippen molar-refractivity contribution in [3.63, 3.8) is 0 Å². The van der Waals surface area contributed by atoms with Gasteiger partial charge in [-0.3, -0.25) is 9.36 Å². The van der Waals surface area contributed by atoms with Gasteiger partial charge in [-0.15, -0.1) is 11.3 Å². The smallest absolute Gasteiger partial charge is 0.271 e. The van der Waals surface area contributed by atoms with Crippen LogP contribution in [-0.4, -0.2) is 16.1 Å². The summed E-state index contributed by atoms with van der Waals surface area (Å²) in [5.41, 5.74) is 1.91. The van der Waals surface area contributed by atoms with Gasteiger partial charge in [0, 0.05) is 13.1 Å². The van der Waals surface area contributed by atoms with Crippen molar-refractivity contribution in [1.29, 1.82) is 0 Å². The molecule has 0 bridgehead atoms. The zero-order chi connectivity index (χ0) is 13.9. The van der Waals surface area contributed by atoms with Gasteiger partial charge in [-0.1, -0.05) is 0 Å². The number of rotatable bonds is 5. The Bertz CT molecular complexity index is 758. The molecule has 3 aromatic heterocycles. The lowest BCUT2D eigenvalue weighted by atomic mass is 10.3. The SMILES string of the molecule is Cc1csc2c(=O)n(CCNCc3ccco3)cnc12. The van der Waals surface area contributed by atoms with E-state index in [1.807, 2.05) is 24.4 Å². The van der Waals surface area contributed by atoms with E-state index in [-0.39, 0.29) is 5.56 Å². The van der Waals surface area contributed by atoms with Gasteiger partial charge >= 0.3 is 0 Å². The topological polar surface area (TPSA) is 60.1 Å². The van der Waals surface area contributed by atoms with E-state index in [4.69, 9.17) is 4.42 Å². The van der Waals surface area contributed by atoms with Crippen LogP contribution in [0.25, 0.3) is 10.2 Å². The lowest BCUT2D eigenvalue weighted by Gasteiger charge is -2.06. The molecule has 0 aliphatic carbocycles. The molecule has 0 saturated carbocycles. The van der Waals surface area contributed by atoms with Gasteiger partial charge in [-0.25, -0.2) is 4.98 Å². The first-order chi connectivity index (χ1) is 9.75. The summed E-state index contributed by atoms with van der Waals surface area (Å²) in [7, 11) is 0. The first-order valence-corrected chi connectivity index (χ1v) is 7.30. The average Bonchev–Trinajstić information content (AvgIpc) is 3.08. The first kappa shape index (κ1) is 13.1. The van der Waals surface area contributed by atoms with Crippen molar-refractivity contribution in [1.82, 2.24) is 14.9 Å². The van der Waals surface area contributed by atoms with Crippen molar-refractivity contribution in [2.45, 2.75) is 20.0 Å². The molecule has 0 atom stereocenters. The minimum absolute atomic E-state index is 0.0351. The van der Waals surface area contributed by atoms with Crippen LogP contribution < -0.4 is 10.9 Å². The number of aromatic nitrogens is 2. The molecule has 0 fully saturated rings. The van der Waals surface area contributed by atoms with Gasteiger partial charge in [0.15, 0.2) is 0 Å². The molecular weight excluding hydrogens is 274 g/mol. The monoisotopic (exact) mass is 289 g/mol. The van der Waals surface area contributed by atoms with Crippen LogP contribution in [0.4, 0.5) is 0 Å². The summed E-state index contributed by atoms with van der Waals surface area (Å²) in [4.78, 5) is 16.6. The molecule has 0 spiro atoms. The zero-order valence-electron chi connectivity index (χ0n) is 11.1. The summed E-state index contributed by atoms with van der Waals surface area (Å²) in [6, 6.07) is 3.78. The highest BCUT2D eigenvalue weighted by molar-refractivity contribution is 7.17. The Balaban J connectivity index is 1.65. The van der Waals surface area contributed by atoms with Crippen molar-refractivity contribution in [3.8, 4) is 0 Å². The Kier molecular flexibility index (Phi) is 3.66. The fraction of sp³-hybridized carbons (Fsp3) is 0.286. The van der Waals surface area contributed by atoms with Gasteiger partial charge in [0.05, 0.1) is 24.7 Å². The van der Waals surface area contributed by atoms with Crippen LogP contribution in [0.1, 0.15) is 11.3 Å². The normalized spacial score (nSPS) is 11.2. The molecule has 1 N–H and O–H groups in total. The Morgan fingerprint density at radius 1 is 1.50 bits per heavy atom. The number of hydrogen-bond acceptors (Lipinski definition) is 5. The minimum Gasteiger partial charge on any atom is -0.468 e. The maximum Gasteiger partial charge on any atom is 0.271 e. The van der Waals surface area contributed by atoms with E-state index in [1.165, 1.54) is 11.3 Å². The summed E-state index contributed by atoms with van der Waals surface area (Å²) in [6.07, 6.45) is 3.28. The van der Waals surface area contributed by atoms with Crippen LogP contribution in [0.5, 0.6) is 0 Å². The van der Waals surface area contributed by atoms with E-state index >= 15 is 0 Å². The molecule has 6 heteroatoms. The van der Waals surface area contributed by atoms with Crippen molar-refractivity contribution >= 4 is 21.6 Å². The van der Waals surface area contributed by atoms with Crippen LogP contribution >= 0.6 is 11.3 Å². The van der Waals surface area contributed by atoms with E-state index in [0.29, 0.717) is 19.6 Å². The average molecular weight is 289 g/mol. The Morgan fingerprint density at radius 2 is 2.40 bits per heavy atom. The van der Waals surface area contributed by atoms with Crippen LogP contribution in [0.15, 0.2) is 39.3 Å². The van der Waals surface area contributed by atoms with E-state index in [9.17, 15) is 4.79 Å². The van der Waals surface area contributed by atoms with Crippen molar-refractivity contribution in [2.75, 3.05) is 6.54 Å². The van der Waals surface area contributed by atoms with Crippen LogP contribution in [-0.2, 0) is 13.1 Å². The van der Waals surface area contributed by atoms with Gasteiger partial charge in [0.25, 0.3) is 5.56 Å². The molecule has 20 heavy (non-hydrogen) atoms. The third-order valence-electron chi connectivity index (χ3n) is 3.13. The molecule has 0 aliphatic heterocycles. The number of furan rings is 1. The highest BCUT2D eigenvalue weighted by Crippen LogP contribution is 2.19. The highest BCUT2D eigenvalue weighted by Gasteiger charge is 2.07. The summed E-state index contributed by atoms with van der Waals surface area (Å²) in [6.45, 7) is 3.92. The van der Waals surface area contributed by atoms with E-state index < -0.39 is 0 Å². The van der Waals surface area contributed by atoms with Gasteiger partial charge < -0.3 is 9.73 Å². The van der Waals surface area contributed by atoms with Gasteiger partial charge in [-0.2, -0.15) is 0 Å². The van der Waals surface area contributed by atoms with Crippen molar-refractivity contribution in [2.24, 2.45) is 0 Å².